The monoisotopic (exact) mass is 282 g/mol. The van der Waals surface area contributed by atoms with Gasteiger partial charge in [0, 0.05) is 52.2 Å². The first-order valence-electron chi connectivity index (χ1n) is 7.57. The highest BCUT2D eigenvalue weighted by atomic mass is 16.2. The summed E-state index contributed by atoms with van der Waals surface area (Å²) in [4.78, 5) is 29.6. The van der Waals surface area contributed by atoms with Gasteiger partial charge < -0.3 is 15.5 Å². The smallest absolute Gasteiger partial charge is 0.236 e. The number of rotatable bonds is 2. The van der Waals surface area contributed by atoms with Crippen LogP contribution >= 0.6 is 0 Å². The van der Waals surface area contributed by atoms with E-state index in [1.165, 1.54) is 0 Å². The van der Waals surface area contributed by atoms with Crippen molar-refractivity contribution in [3.8, 4) is 0 Å². The zero-order chi connectivity index (χ0) is 14.5. The Labute approximate surface area is 120 Å². The molecule has 2 amide bonds. The van der Waals surface area contributed by atoms with Crippen LogP contribution in [0, 0.1) is 0 Å². The summed E-state index contributed by atoms with van der Waals surface area (Å²) in [5, 5.41) is 0. The maximum atomic E-state index is 12.3. The van der Waals surface area contributed by atoms with Crippen LogP contribution in [0.15, 0.2) is 0 Å². The molecule has 0 saturated carbocycles. The molecule has 2 fully saturated rings. The SMILES string of the molecule is CC(=O)N1CCCN(C(=O)CN2CCC(N)CC2)CC1. The van der Waals surface area contributed by atoms with E-state index in [2.05, 4.69) is 4.90 Å². The summed E-state index contributed by atoms with van der Waals surface area (Å²) in [6.07, 6.45) is 2.83. The number of carbonyl (C=O) groups excluding carboxylic acids is 2. The second-order valence-electron chi connectivity index (χ2n) is 5.85. The lowest BCUT2D eigenvalue weighted by atomic mass is 10.1. The van der Waals surface area contributed by atoms with Crippen molar-refractivity contribution >= 4 is 11.8 Å². The highest BCUT2D eigenvalue weighted by Crippen LogP contribution is 2.09. The second-order valence-corrected chi connectivity index (χ2v) is 5.85. The number of carbonyl (C=O) groups is 2. The van der Waals surface area contributed by atoms with E-state index in [4.69, 9.17) is 5.73 Å². The molecule has 6 nitrogen and oxygen atoms in total. The van der Waals surface area contributed by atoms with Crippen LogP contribution in [0.5, 0.6) is 0 Å². The third-order valence-corrected chi connectivity index (χ3v) is 4.29. The van der Waals surface area contributed by atoms with Crippen molar-refractivity contribution in [2.75, 3.05) is 45.8 Å². The summed E-state index contributed by atoms with van der Waals surface area (Å²) in [6.45, 7) is 6.76. The van der Waals surface area contributed by atoms with Gasteiger partial charge in [0.25, 0.3) is 0 Å². The topological polar surface area (TPSA) is 69.9 Å². The minimum Gasteiger partial charge on any atom is -0.341 e. The number of nitrogens with two attached hydrogens (primary N) is 1. The fraction of sp³-hybridized carbons (Fsp3) is 0.857. The molecule has 2 heterocycles. The highest BCUT2D eigenvalue weighted by Gasteiger charge is 2.23. The van der Waals surface area contributed by atoms with Gasteiger partial charge in [0.1, 0.15) is 0 Å². The molecular weight excluding hydrogens is 256 g/mol. The summed E-state index contributed by atoms with van der Waals surface area (Å²) in [5.74, 6) is 0.287. The van der Waals surface area contributed by atoms with Gasteiger partial charge in [-0.15, -0.1) is 0 Å². The number of hydrogen-bond donors (Lipinski definition) is 1. The van der Waals surface area contributed by atoms with Crippen LogP contribution < -0.4 is 5.73 Å². The van der Waals surface area contributed by atoms with Crippen LogP contribution in [0.1, 0.15) is 26.2 Å². The fourth-order valence-electron chi connectivity index (χ4n) is 2.88. The van der Waals surface area contributed by atoms with E-state index in [1.54, 1.807) is 6.92 Å². The van der Waals surface area contributed by atoms with E-state index in [-0.39, 0.29) is 11.8 Å². The standard InChI is InChI=1S/C14H26N4O2/c1-12(19)17-5-2-6-18(10-9-17)14(20)11-16-7-3-13(15)4-8-16/h13H,2-11,15H2,1H3. The third kappa shape index (κ3) is 4.18. The molecule has 0 radical (unpaired) electrons. The van der Waals surface area contributed by atoms with Gasteiger partial charge in [0.05, 0.1) is 6.54 Å². The molecule has 2 rings (SSSR count). The summed E-state index contributed by atoms with van der Waals surface area (Å²) in [6, 6.07) is 0.295. The van der Waals surface area contributed by atoms with E-state index in [0.29, 0.717) is 25.7 Å². The molecule has 0 aliphatic carbocycles. The van der Waals surface area contributed by atoms with Gasteiger partial charge in [0.15, 0.2) is 0 Å². The average Bonchev–Trinajstić information content (AvgIpc) is 2.67. The van der Waals surface area contributed by atoms with Crippen molar-refractivity contribution in [1.29, 1.82) is 0 Å². The third-order valence-electron chi connectivity index (χ3n) is 4.29. The molecule has 2 aliphatic rings. The van der Waals surface area contributed by atoms with Crippen LogP contribution in [-0.2, 0) is 9.59 Å². The first-order chi connectivity index (χ1) is 9.56. The van der Waals surface area contributed by atoms with Gasteiger partial charge in [-0.3, -0.25) is 14.5 Å². The molecule has 0 aromatic heterocycles. The minimum absolute atomic E-state index is 0.101. The number of likely N-dealkylation sites (tertiary alicyclic amines) is 1. The van der Waals surface area contributed by atoms with Crippen molar-refractivity contribution in [3.63, 3.8) is 0 Å². The summed E-state index contributed by atoms with van der Waals surface area (Å²) >= 11 is 0. The summed E-state index contributed by atoms with van der Waals surface area (Å²) < 4.78 is 0. The predicted octanol–water partition coefficient (Wildman–Crippen LogP) is -0.510. The maximum Gasteiger partial charge on any atom is 0.236 e. The van der Waals surface area contributed by atoms with Gasteiger partial charge in [0.2, 0.25) is 11.8 Å². The van der Waals surface area contributed by atoms with Crippen molar-refractivity contribution in [1.82, 2.24) is 14.7 Å². The molecule has 0 atom stereocenters. The van der Waals surface area contributed by atoms with Gasteiger partial charge in [-0.2, -0.15) is 0 Å². The average molecular weight is 282 g/mol. The zero-order valence-corrected chi connectivity index (χ0v) is 12.4. The van der Waals surface area contributed by atoms with Crippen molar-refractivity contribution < 1.29 is 9.59 Å². The first-order valence-corrected chi connectivity index (χ1v) is 7.57. The largest absolute Gasteiger partial charge is 0.341 e. The van der Waals surface area contributed by atoms with Gasteiger partial charge in [-0.25, -0.2) is 0 Å². The lowest BCUT2D eigenvalue weighted by Crippen LogP contribution is -2.46. The summed E-state index contributed by atoms with van der Waals surface area (Å²) in [7, 11) is 0. The zero-order valence-electron chi connectivity index (χ0n) is 12.4. The molecule has 0 spiro atoms. The van der Waals surface area contributed by atoms with Crippen molar-refractivity contribution in [2.45, 2.75) is 32.2 Å². The van der Waals surface area contributed by atoms with E-state index < -0.39 is 0 Å². The Kier molecular flexibility index (Phi) is 5.37. The molecule has 20 heavy (non-hydrogen) atoms. The van der Waals surface area contributed by atoms with E-state index in [9.17, 15) is 9.59 Å². The van der Waals surface area contributed by atoms with Crippen LogP contribution in [-0.4, -0.2) is 78.4 Å². The molecule has 0 aromatic carbocycles. The van der Waals surface area contributed by atoms with Crippen LogP contribution in [0.4, 0.5) is 0 Å². The van der Waals surface area contributed by atoms with Gasteiger partial charge >= 0.3 is 0 Å². The molecule has 0 bridgehead atoms. The highest BCUT2D eigenvalue weighted by molar-refractivity contribution is 5.78. The van der Waals surface area contributed by atoms with Crippen molar-refractivity contribution in [3.05, 3.63) is 0 Å². The Morgan fingerprint density at radius 2 is 1.60 bits per heavy atom. The molecule has 2 saturated heterocycles. The lowest BCUT2D eigenvalue weighted by molar-refractivity contribution is -0.133. The van der Waals surface area contributed by atoms with Gasteiger partial charge in [-0.05, 0) is 19.3 Å². The molecular formula is C14H26N4O2. The van der Waals surface area contributed by atoms with Gasteiger partial charge in [-0.1, -0.05) is 0 Å². The Hall–Kier alpha value is -1.14. The fourth-order valence-corrected chi connectivity index (χ4v) is 2.88. The van der Waals surface area contributed by atoms with E-state index in [1.807, 2.05) is 9.80 Å². The van der Waals surface area contributed by atoms with Crippen LogP contribution in [0.2, 0.25) is 0 Å². The number of hydrogen-bond acceptors (Lipinski definition) is 4. The summed E-state index contributed by atoms with van der Waals surface area (Å²) in [5.41, 5.74) is 5.88. The molecule has 2 aliphatic heterocycles. The Morgan fingerprint density at radius 1 is 1.00 bits per heavy atom. The number of nitrogens with zero attached hydrogens (tertiary/aromatic N) is 3. The maximum absolute atomic E-state index is 12.3. The molecule has 114 valence electrons. The van der Waals surface area contributed by atoms with E-state index >= 15 is 0 Å². The molecule has 2 N–H and O–H groups in total. The van der Waals surface area contributed by atoms with Crippen LogP contribution in [0.3, 0.4) is 0 Å². The Morgan fingerprint density at radius 3 is 2.25 bits per heavy atom. The molecule has 0 unspecified atom stereocenters. The predicted molar refractivity (Wildman–Crippen MR) is 77.1 cm³/mol. The first kappa shape index (κ1) is 15.3. The Balaban J connectivity index is 1.79. The number of amides is 2. The molecule has 6 heteroatoms. The lowest BCUT2D eigenvalue weighted by Gasteiger charge is -2.31. The normalized spacial score (nSPS) is 22.7. The van der Waals surface area contributed by atoms with Crippen LogP contribution in [0.25, 0.3) is 0 Å². The minimum atomic E-state index is 0.101. The second kappa shape index (κ2) is 7.04. The number of piperidine rings is 1. The quantitative estimate of drug-likeness (QED) is 0.740. The molecule has 0 aromatic rings. The van der Waals surface area contributed by atoms with E-state index in [0.717, 1.165) is 45.4 Å². The Bertz CT molecular complexity index is 353. The van der Waals surface area contributed by atoms with Crippen molar-refractivity contribution in [2.24, 2.45) is 5.73 Å².